The zero-order chi connectivity index (χ0) is 20.0. The van der Waals surface area contributed by atoms with E-state index in [1.54, 1.807) is 18.0 Å². The van der Waals surface area contributed by atoms with Gasteiger partial charge < -0.3 is 10.5 Å². The number of rotatable bonds is 5. The largest absolute Gasteiger partial charge is 0.496 e. The molecule has 4 aromatic rings. The highest BCUT2D eigenvalue weighted by molar-refractivity contribution is 7.21. The van der Waals surface area contributed by atoms with Crippen LogP contribution in [0.25, 0.3) is 21.5 Å². The first-order valence-corrected chi connectivity index (χ1v) is 9.97. The highest BCUT2D eigenvalue weighted by atomic mass is 32.1. The molecule has 0 spiro atoms. The molecule has 0 unspecified atom stereocenters. The van der Waals surface area contributed by atoms with Crippen molar-refractivity contribution < 1.29 is 18.7 Å². The predicted octanol–water partition coefficient (Wildman–Crippen LogP) is 3.42. The number of hydrogen-bond acceptors (Lipinski definition) is 7. The number of ether oxygens (including phenoxy) is 1. The third-order valence-corrected chi connectivity index (χ3v) is 5.94. The van der Waals surface area contributed by atoms with Gasteiger partial charge in [-0.05, 0) is 28.9 Å². The molecule has 0 saturated heterocycles. The van der Waals surface area contributed by atoms with E-state index < -0.39 is 0 Å². The van der Waals surface area contributed by atoms with Gasteiger partial charge in [-0.1, -0.05) is 12.1 Å². The summed E-state index contributed by atoms with van der Waals surface area (Å²) >= 11 is 1.24. The highest BCUT2D eigenvalue weighted by Gasteiger charge is 2.36. The van der Waals surface area contributed by atoms with E-state index in [1.807, 2.05) is 36.4 Å². The van der Waals surface area contributed by atoms with Crippen LogP contribution in [0.15, 0.2) is 47.1 Å². The van der Waals surface area contributed by atoms with Gasteiger partial charge >= 0.3 is 5.88 Å². The number of thiophene rings is 1. The Morgan fingerprint density at radius 3 is 2.93 bits per heavy atom. The summed E-state index contributed by atoms with van der Waals surface area (Å²) in [6.07, 6.45) is 3.85. The molecule has 146 valence electrons. The molecule has 0 atom stereocenters. The van der Waals surface area contributed by atoms with E-state index in [0.29, 0.717) is 27.3 Å². The van der Waals surface area contributed by atoms with Gasteiger partial charge in [0.1, 0.15) is 15.5 Å². The molecule has 0 radical (unpaired) electrons. The second-order valence-corrected chi connectivity index (χ2v) is 7.83. The number of benzene rings is 1. The molecule has 5 rings (SSSR count). The molecule has 3 N–H and O–H groups in total. The van der Waals surface area contributed by atoms with Crippen molar-refractivity contribution in [3.63, 3.8) is 0 Å². The monoisotopic (exact) mass is 408 g/mol. The van der Waals surface area contributed by atoms with Crippen LogP contribution < -0.4 is 20.5 Å². The molecule has 0 bridgehead atoms. The third-order valence-electron chi connectivity index (χ3n) is 4.82. The number of nitrogen functional groups attached to an aromatic ring is 1. The normalized spacial score (nSPS) is 13.6. The average Bonchev–Trinajstić information content (AvgIpc) is 3.41. The number of carbonyl (C=O) groups is 1. The number of anilines is 2. The van der Waals surface area contributed by atoms with Crippen LogP contribution in [0.5, 0.6) is 5.75 Å². The fourth-order valence-electron chi connectivity index (χ4n) is 3.17. The molecule has 3 heterocycles. The molecule has 29 heavy (non-hydrogen) atoms. The van der Waals surface area contributed by atoms with E-state index in [2.05, 4.69) is 10.6 Å². The summed E-state index contributed by atoms with van der Waals surface area (Å²) in [6.45, 7) is 0. The number of nitrogens with one attached hydrogen (secondary N) is 1. The summed E-state index contributed by atoms with van der Waals surface area (Å²) in [5.74, 6) is 0.681. The van der Waals surface area contributed by atoms with E-state index in [0.717, 1.165) is 35.2 Å². The minimum Gasteiger partial charge on any atom is -0.496 e. The van der Waals surface area contributed by atoms with E-state index in [1.165, 1.54) is 11.3 Å². The van der Waals surface area contributed by atoms with Crippen LogP contribution in [0.1, 0.15) is 28.6 Å². The van der Waals surface area contributed by atoms with E-state index in [9.17, 15) is 4.79 Å². The first kappa shape index (κ1) is 17.6. The number of pyridine rings is 1. The van der Waals surface area contributed by atoms with Crippen LogP contribution in [0, 0.1) is 0 Å². The summed E-state index contributed by atoms with van der Waals surface area (Å²) in [6, 6.07) is 11.8. The number of nitrogens with two attached hydrogens (primary N) is 1. The summed E-state index contributed by atoms with van der Waals surface area (Å²) in [5.41, 5.74) is 8.26. The molecule has 1 aliphatic rings. The number of amides is 1. The Kier molecular flexibility index (Phi) is 4.17. The maximum atomic E-state index is 12.7. The van der Waals surface area contributed by atoms with Crippen molar-refractivity contribution in [3.05, 3.63) is 47.5 Å². The number of hydrogen-bond donors (Lipinski definition) is 2. The van der Waals surface area contributed by atoms with Crippen molar-refractivity contribution in [1.82, 2.24) is 10.3 Å². The van der Waals surface area contributed by atoms with E-state index in [4.69, 9.17) is 20.0 Å². The molecule has 1 aromatic carbocycles. The van der Waals surface area contributed by atoms with Gasteiger partial charge in [-0.15, -0.1) is 11.3 Å². The molecule has 1 aliphatic carbocycles. The van der Waals surface area contributed by atoms with Gasteiger partial charge in [-0.2, -0.15) is 0 Å². The van der Waals surface area contributed by atoms with Crippen LogP contribution in [0.3, 0.4) is 0 Å². The molecule has 1 fully saturated rings. The fourth-order valence-corrected chi connectivity index (χ4v) is 4.15. The summed E-state index contributed by atoms with van der Waals surface area (Å²) in [7, 11) is 1.62. The van der Waals surface area contributed by atoms with Crippen molar-refractivity contribution >= 4 is 39.0 Å². The number of aromatic nitrogens is 3. The van der Waals surface area contributed by atoms with Crippen LogP contribution in [0.4, 0.5) is 11.6 Å². The Balaban J connectivity index is 1.46. The third kappa shape index (κ3) is 3.19. The maximum absolute atomic E-state index is 12.7. The standard InChI is InChI=1S/C20H17N5O3S/c1-27-15-5-3-2-4-12(15)14-9-8-13-17(21)18(29-20(13)22-14)19(26)23-16-10-25(24-28-16)11-6-7-11/h2-5,8-11H,6-7H2,1H3,(H2-,21,23,24,26)/p+1. The maximum Gasteiger partial charge on any atom is 0.302 e. The lowest BCUT2D eigenvalue weighted by molar-refractivity contribution is -0.765. The number of para-hydroxylation sites is 1. The van der Waals surface area contributed by atoms with Gasteiger partial charge in [0, 0.05) is 23.8 Å². The quantitative estimate of drug-likeness (QED) is 0.490. The molecule has 1 saturated carbocycles. The lowest BCUT2D eigenvalue weighted by Gasteiger charge is -2.07. The van der Waals surface area contributed by atoms with Crippen molar-refractivity contribution in [2.75, 3.05) is 18.2 Å². The second-order valence-electron chi connectivity index (χ2n) is 6.83. The van der Waals surface area contributed by atoms with Crippen molar-refractivity contribution in [2.24, 2.45) is 0 Å². The number of fused-ring (bicyclic) bond motifs is 1. The zero-order valence-corrected chi connectivity index (χ0v) is 16.4. The minimum absolute atomic E-state index is 0.293. The topological polar surface area (TPSA) is 107 Å². The van der Waals surface area contributed by atoms with Crippen LogP contribution >= 0.6 is 11.3 Å². The second kappa shape index (κ2) is 6.85. The van der Waals surface area contributed by atoms with Gasteiger partial charge in [-0.3, -0.25) is 14.6 Å². The first-order chi connectivity index (χ1) is 14.1. The Hall–Kier alpha value is -3.46. The number of nitrogens with zero attached hydrogens (tertiary/aromatic N) is 3. The van der Waals surface area contributed by atoms with Gasteiger partial charge in [0.15, 0.2) is 6.04 Å². The number of carbonyl (C=O) groups excluding carboxylic acids is 1. The molecular weight excluding hydrogens is 390 g/mol. The van der Waals surface area contributed by atoms with Crippen LogP contribution in [-0.4, -0.2) is 23.3 Å². The predicted molar refractivity (Wildman–Crippen MR) is 109 cm³/mol. The van der Waals surface area contributed by atoms with E-state index in [-0.39, 0.29) is 5.91 Å². The van der Waals surface area contributed by atoms with Crippen molar-refractivity contribution in [3.8, 4) is 17.0 Å². The number of methoxy groups -OCH3 is 1. The van der Waals surface area contributed by atoms with Gasteiger partial charge in [0.25, 0.3) is 12.1 Å². The highest BCUT2D eigenvalue weighted by Crippen LogP contribution is 2.36. The Labute approximate surface area is 169 Å². The molecule has 1 amide bonds. The lowest BCUT2D eigenvalue weighted by Crippen LogP contribution is -2.32. The van der Waals surface area contributed by atoms with Crippen molar-refractivity contribution in [1.29, 1.82) is 0 Å². The minimum atomic E-state index is -0.344. The van der Waals surface area contributed by atoms with Gasteiger partial charge in [-0.25, -0.2) is 4.98 Å². The molecule has 3 aromatic heterocycles. The van der Waals surface area contributed by atoms with Crippen molar-refractivity contribution in [2.45, 2.75) is 18.9 Å². The average molecular weight is 408 g/mol. The Morgan fingerprint density at radius 2 is 2.14 bits per heavy atom. The fraction of sp³-hybridized carbons (Fsp3) is 0.200. The lowest BCUT2D eigenvalue weighted by atomic mass is 10.1. The zero-order valence-electron chi connectivity index (χ0n) is 15.6. The summed E-state index contributed by atoms with van der Waals surface area (Å²) < 4.78 is 12.3. The Bertz CT molecular complexity index is 1230. The SMILES string of the molecule is COc1ccccc1-c1ccc2c(N)c(C(=O)Nc3c[n+](C4CC4)no3)sc2n1. The molecule has 0 aliphatic heterocycles. The first-order valence-electron chi connectivity index (χ1n) is 9.16. The van der Waals surface area contributed by atoms with Crippen LogP contribution in [0.2, 0.25) is 0 Å². The van der Waals surface area contributed by atoms with Gasteiger partial charge in [0.2, 0.25) is 5.27 Å². The summed E-state index contributed by atoms with van der Waals surface area (Å²) in [5, 5.41) is 7.39. The van der Waals surface area contributed by atoms with E-state index >= 15 is 0 Å². The molecule has 8 nitrogen and oxygen atoms in total. The molecule has 9 heteroatoms. The Morgan fingerprint density at radius 1 is 1.31 bits per heavy atom. The summed E-state index contributed by atoms with van der Waals surface area (Å²) in [4.78, 5) is 18.5. The van der Waals surface area contributed by atoms with Gasteiger partial charge in [0.05, 0.1) is 18.5 Å². The molecular formula is C20H18N5O3S+. The van der Waals surface area contributed by atoms with Crippen LogP contribution in [-0.2, 0) is 0 Å². The smallest absolute Gasteiger partial charge is 0.302 e.